The number of benzene rings is 1. The molecule has 2 rings (SSSR count). The normalized spacial score (nSPS) is 24.4. The molecule has 100 valence electrons. The topological polar surface area (TPSA) is 29.3 Å². The van der Waals surface area contributed by atoms with Gasteiger partial charge in [0.05, 0.1) is 0 Å². The van der Waals surface area contributed by atoms with Gasteiger partial charge >= 0.3 is 0 Å². The third kappa shape index (κ3) is 3.71. The molecule has 0 amide bonds. The summed E-state index contributed by atoms with van der Waals surface area (Å²) >= 11 is 5.92. The molecule has 0 aromatic heterocycles. The maximum atomic E-state index is 5.97. The zero-order chi connectivity index (χ0) is 13.0. The van der Waals surface area contributed by atoms with Gasteiger partial charge in [-0.1, -0.05) is 30.7 Å². The first-order chi connectivity index (χ1) is 8.69. The SMILES string of the molecule is CCN(Cc1ccc(Cl)cc1)C1CCC(N)CC1. The lowest BCUT2D eigenvalue weighted by molar-refractivity contribution is 0.149. The van der Waals surface area contributed by atoms with Crippen molar-refractivity contribution in [2.45, 2.75) is 51.2 Å². The molecule has 0 saturated heterocycles. The van der Waals surface area contributed by atoms with Crippen LogP contribution in [0.25, 0.3) is 0 Å². The Kier molecular flexibility index (Phi) is 5.04. The fourth-order valence-corrected chi connectivity index (χ4v) is 2.92. The number of halogens is 1. The van der Waals surface area contributed by atoms with E-state index in [1.54, 1.807) is 0 Å². The first-order valence-electron chi connectivity index (χ1n) is 6.93. The van der Waals surface area contributed by atoms with Crippen LogP contribution in [-0.4, -0.2) is 23.5 Å². The maximum Gasteiger partial charge on any atom is 0.0406 e. The van der Waals surface area contributed by atoms with Crippen LogP contribution in [0.2, 0.25) is 5.02 Å². The van der Waals surface area contributed by atoms with Gasteiger partial charge in [0.25, 0.3) is 0 Å². The molecule has 1 aliphatic rings. The minimum Gasteiger partial charge on any atom is -0.328 e. The largest absolute Gasteiger partial charge is 0.328 e. The zero-order valence-electron chi connectivity index (χ0n) is 11.1. The second kappa shape index (κ2) is 6.55. The predicted octanol–water partition coefficient (Wildman–Crippen LogP) is 3.43. The van der Waals surface area contributed by atoms with Gasteiger partial charge in [-0.15, -0.1) is 0 Å². The van der Waals surface area contributed by atoms with E-state index in [9.17, 15) is 0 Å². The van der Waals surface area contributed by atoms with E-state index < -0.39 is 0 Å². The lowest BCUT2D eigenvalue weighted by atomic mass is 9.90. The molecule has 0 unspecified atom stereocenters. The summed E-state index contributed by atoms with van der Waals surface area (Å²) in [7, 11) is 0. The molecule has 1 fully saturated rings. The highest BCUT2D eigenvalue weighted by atomic mass is 35.5. The number of nitrogens with zero attached hydrogens (tertiary/aromatic N) is 1. The smallest absolute Gasteiger partial charge is 0.0406 e. The number of hydrogen-bond donors (Lipinski definition) is 1. The van der Waals surface area contributed by atoms with Crippen molar-refractivity contribution in [3.8, 4) is 0 Å². The Morgan fingerprint density at radius 2 is 1.78 bits per heavy atom. The van der Waals surface area contributed by atoms with E-state index in [-0.39, 0.29) is 0 Å². The molecule has 1 saturated carbocycles. The lowest BCUT2D eigenvalue weighted by Gasteiger charge is -2.35. The molecule has 3 heteroatoms. The second-order valence-electron chi connectivity index (χ2n) is 5.26. The maximum absolute atomic E-state index is 5.97. The Morgan fingerprint density at radius 3 is 2.33 bits per heavy atom. The molecule has 18 heavy (non-hydrogen) atoms. The number of rotatable bonds is 4. The third-order valence-corrected chi connectivity index (χ3v) is 4.21. The van der Waals surface area contributed by atoms with Gasteiger partial charge < -0.3 is 5.73 Å². The fourth-order valence-electron chi connectivity index (χ4n) is 2.79. The van der Waals surface area contributed by atoms with Crippen LogP contribution in [0.15, 0.2) is 24.3 Å². The van der Waals surface area contributed by atoms with Crippen LogP contribution < -0.4 is 5.73 Å². The predicted molar refractivity (Wildman–Crippen MR) is 77.8 cm³/mol. The van der Waals surface area contributed by atoms with Gasteiger partial charge in [-0.05, 0) is 49.9 Å². The molecule has 0 bridgehead atoms. The van der Waals surface area contributed by atoms with Crippen molar-refractivity contribution >= 4 is 11.6 Å². The van der Waals surface area contributed by atoms with Gasteiger partial charge in [0.2, 0.25) is 0 Å². The molecule has 0 radical (unpaired) electrons. The van der Waals surface area contributed by atoms with Crippen LogP contribution in [0.5, 0.6) is 0 Å². The summed E-state index contributed by atoms with van der Waals surface area (Å²) in [6.45, 7) is 4.36. The van der Waals surface area contributed by atoms with Crippen molar-refractivity contribution in [1.29, 1.82) is 0 Å². The summed E-state index contributed by atoms with van der Waals surface area (Å²) in [6, 6.07) is 9.32. The molecule has 1 aromatic carbocycles. The van der Waals surface area contributed by atoms with Crippen LogP contribution in [0.4, 0.5) is 0 Å². The van der Waals surface area contributed by atoms with Crippen molar-refractivity contribution < 1.29 is 0 Å². The highest BCUT2D eigenvalue weighted by molar-refractivity contribution is 6.30. The summed E-state index contributed by atoms with van der Waals surface area (Å²) in [5.74, 6) is 0. The molecule has 2 N–H and O–H groups in total. The van der Waals surface area contributed by atoms with Crippen LogP contribution in [0, 0.1) is 0 Å². The summed E-state index contributed by atoms with van der Waals surface area (Å²) < 4.78 is 0. The van der Waals surface area contributed by atoms with Gasteiger partial charge in [0.15, 0.2) is 0 Å². The van der Waals surface area contributed by atoms with Gasteiger partial charge in [-0.3, -0.25) is 4.90 Å². The zero-order valence-corrected chi connectivity index (χ0v) is 11.9. The Balaban J connectivity index is 1.94. The molecule has 0 aliphatic heterocycles. The summed E-state index contributed by atoms with van der Waals surface area (Å²) in [5.41, 5.74) is 7.32. The van der Waals surface area contributed by atoms with E-state index in [0.29, 0.717) is 12.1 Å². The van der Waals surface area contributed by atoms with Crippen LogP contribution >= 0.6 is 11.6 Å². The summed E-state index contributed by atoms with van der Waals surface area (Å²) in [6.07, 6.45) is 4.81. The molecular weight excluding hydrogens is 244 g/mol. The lowest BCUT2D eigenvalue weighted by Crippen LogP contribution is -2.40. The van der Waals surface area contributed by atoms with E-state index in [1.165, 1.54) is 31.2 Å². The molecule has 1 aliphatic carbocycles. The van der Waals surface area contributed by atoms with Crippen molar-refractivity contribution in [3.05, 3.63) is 34.9 Å². The second-order valence-corrected chi connectivity index (χ2v) is 5.69. The monoisotopic (exact) mass is 266 g/mol. The van der Waals surface area contributed by atoms with Gasteiger partial charge in [-0.2, -0.15) is 0 Å². The highest BCUT2D eigenvalue weighted by Crippen LogP contribution is 2.23. The Morgan fingerprint density at radius 1 is 1.17 bits per heavy atom. The first kappa shape index (κ1) is 13.9. The highest BCUT2D eigenvalue weighted by Gasteiger charge is 2.23. The quantitative estimate of drug-likeness (QED) is 0.905. The van der Waals surface area contributed by atoms with Crippen LogP contribution in [0.1, 0.15) is 38.2 Å². The summed E-state index contributed by atoms with van der Waals surface area (Å²) in [5, 5.41) is 0.811. The molecule has 0 spiro atoms. The van der Waals surface area contributed by atoms with Gasteiger partial charge in [0.1, 0.15) is 0 Å². The first-order valence-corrected chi connectivity index (χ1v) is 7.31. The van der Waals surface area contributed by atoms with Gasteiger partial charge in [-0.25, -0.2) is 0 Å². The minimum absolute atomic E-state index is 0.426. The van der Waals surface area contributed by atoms with Crippen LogP contribution in [-0.2, 0) is 6.54 Å². The van der Waals surface area contributed by atoms with Crippen molar-refractivity contribution in [3.63, 3.8) is 0 Å². The van der Waals surface area contributed by atoms with Crippen molar-refractivity contribution in [2.75, 3.05) is 6.54 Å². The average Bonchev–Trinajstić information content (AvgIpc) is 2.39. The van der Waals surface area contributed by atoms with E-state index >= 15 is 0 Å². The average molecular weight is 267 g/mol. The Labute approximate surface area is 115 Å². The molecule has 1 aromatic rings. The van der Waals surface area contributed by atoms with E-state index in [1.807, 2.05) is 12.1 Å². The number of hydrogen-bond acceptors (Lipinski definition) is 2. The van der Waals surface area contributed by atoms with Crippen molar-refractivity contribution in [2.24, 2.45) is 5.73 Å². The Hall–Kier alpha value is -0.570. The minimum atomic E-state index is 0.426. The van der Waals surface area contributed by atoms with E-state index in [2.05, 4.69) is 24.0 Å². The number of nitrogens with two attached hydrogens (primary N) is 1. The third-order valence-electron chi connectivity index (χ3n) is 3.96. The van der Waals surface area contributed by atoms with Crippen molar-refractivity contribution in [1.82, 2.24) is 4.90 Å². The van der Waals surface area contributed by atoms with Crippen LogP contribution in [0.3, 0.4) is 0 Å². The molecule has 0 atom stereocenters. The summed E-state index contributed by atoms with van der Waals surface area (Å²) in [4.78, 5) is 2.56. The standard InChI is InChI=1S/C15H23ClN2/c1-2-18(15-9-7-14(17)8-10-15)11-12-3-5-13(16)6-4-12/h3-6,14-15H,2,7-11,17H2,1H3. The fraction of sp³-hybridized carbons (Fsp3) is 0.600. The van der Waals surface area contributed by atoms with E-state index in [0.717, 1.165) is 18.1 Å². The Bertz CT molecular complexity index is 355. The van der Waals surface area contributed by atoms with E-state index in [4.69, 9.17) is 17.3 Å². The molecule has 2 nitrogen and oxygen atoms in total. The van der Waals surface area contributed by atoms with Gasteiger partial charge in [0, 0.05) is 23.7 Å². The molecule has 0 heterocycles. The molecular formula is C15H23ClN2.